The van der Waals surface area contributed by atoms with Crippen molar-refractivity contribution in [3.63, 3.8) is 0 Å². The number of methoxy groups -OCH3 is 1. The molecule has 1 heterocycles. The molecule has 2 rings (SSSR count). The van der Waals surface area contributed by atoms with E-state index in [1.165, 1.54) is 0 Å². The summed E-state index contributed by atoms with van der Waals surface area (Å²) in [4.78, 5) is 2.03. The monoisotopic (exact) mass is 271 g/mol. The van der Waals surface area contributed by atoms with Crippen molar-refractivity contribution in [3.05, 3.63) is 23.8 Å². The third-order valence-electron chi connectivity index (χ3n) is 3.12. The van der Waals surface area contributed by atoms with Gasteiger partial charge in [-0.3, -0.25) is 4.90 Å². The maximum Gasteiger partial charge on any atom is 0.152 e. The van der Waals surface area contributed by atoms with Gasteiger partial charge in [-0.2, -0.15) is 0 Å². The van der Waals surface area contributed by atoms with Gasteiger partial charge in [0.15, 0.2) is 9.84 Å². The first-order valence-electron chi connectivity index (χ1n) is 5.79. The molecule has 0 radical (unpaired) electrons. The molecule has 1 aromatic rings. The van der Waals surface area contributed by atoms with Crippen molar-refractivity contribution in [2.45, 2.75) is 6.54 Å². The van der Waals surface area contributed by atoms with E-state index in [0.717, 1.165) is 5.56 Å². The van der Waals surface area contributed by atoms with Crippen LogP contribution in [0.5, 0.6) is 11.5 Å². The lowest BCUT2D eigenvalue weighted by Gasteiger charge is -2.26. The van der Waals surface area contributed by atoms with Crippen LogP contribution in [0.3, 0.4) is 0 Å². The molecule has 1 N–H and O–H groups in total. The molecule has 1 aromatic carbocycles. The maximum absolute atomic E-state index is 11.3. The van der Waals surface area contributed by atoms with Crippen LogP contribution >= 0.6 is 0 Å². The van der Waals surface area contributed by atoms with Gasteiger partial charge < -0.3 is 9.84 Å². The number of sulfone groups is 1. The van der Waals surface area contributed by atoms with E-state index in [4.69, 9.17) is 4.74 Å². The summed E-state index contributed by atoms with van der Waals surface area (Å²) in [6, 6.07) is 5.16. The number of nitrogens with zero attached hydrogens (tertiary/aromatic N) is 1. The number of hydrogen-bond acceptors (Lipinski definition) is 5. The Morgan fingerprint density at radius 1 is 1.33 bits per heavy atom. The fourth-order valence-corrected chi connectivity index (χ4v) is 3.23. The van der Waals surface area contributed by atoms with Gasteiger partial charge in [-0.05, 0) is 6.07 Å². The molecule has 1 fully saturated rings. The molecule has 6 heteroatoms. The smallest absolute Gasteiger partial charge is 0.152 e. The molecule has 18 heavy (non-hydrogen) atoms. The molecule has 5 nitrogen and oxygen atoms in total. The van der Waals surface area contributed by atoms with Crippen molar-refractivity contribution in [1.82, 2.24) is 4.90 Å². The van der Waals surface area contributed by atoms with Crippen molar-refractivity contribution in [1.29, 1.82) is 0 Å². The molecule has 0 amide bonds. The van der Waals surface area contributed by atoms with Gasteiger partial charge in [0.25, 0.3) is 0 Å². The summed E-state index contributed by atoms with van der Waals surface area (Å²) in [5.41, 5.74) is 0.787. The molecule has 0 aromatic heterocycles. The van der Waals surface area contributed by atoms with Crippen LogP contribution in [0.15, 0.2) is 18.2 Å². The molecule has 0 spiro atoms. The minimum Gasteiger partial charge on any atom is -0.507 e. The van der Waals surface area contributed by atoms with Gasteiger partial charge in [0, 0.05) is 31.3 Å². The van der Waals surface area contributed by atoms with Crippen LogP contribution in [0, 0.1) is 0 Å². The van der Waals surface area contributed by atoms with Crippen LogP contribution in [-0.4, -0.2) is 50.1 Å². The van der Waals surface area contributed by atoms with Crippen LogP contribution in [0.1, 0.15) is 5.56 Å². The Morgan fingerprint density at radius 3 is 2.56 bits per heavy atom. The Bertz CT molecular complexity index is 513. The van der Waals surface area contributed by atoms with E-state index in [1.54, 1.807) is 25.3 Å². The molecule has 0 unspecified atom stereocenters. The number of phenols is 1. The van der Waals surface area contributed by atoms with E-state index < -0.39 is 9.84 Å². The fraction of sp³-hybridized carbons (Fsp3) is 0.500. The number of benzene rings is 1. The van der Waals surface area contributed by atoms with Crippen molar-refractivity contribution >= 4 is 9.84 Å². The van der Waals surface area contributed by atoms with Crippen molar-refractivity contribution < 1.29 is 18.3 Å². The highest BCUT2D eigenvalue weighted by Gasteiger charge is 2.22. The van der Waals surface area contributed by atoms with Crippen LogP contribution in [-0.2, 0) is 16.4 Å². The molecule has 0 atom stereocenters. The first-order chi connectivity index (χ1) is 8.50. The zero-order chi connectivity index (χ0) is 13.2. The Hall–Kier alpha value is -1.27. The summed E-state index contributed by atoms with van der Waals surface area (Å²) in [5, 5.41) is 9.83. The minimum absolute atomic E-state index is 0.183. The summed E-state index contributed by atoms with van der Waals surface area (Å²) in [7, 11) is -1.31. The van der Waals surface area contributed by atoms with Crippen molar-refractivity contribution in [3.8, 4) is 11.5 Å². The Morgan fingerprint density at radius 2 is 2.00 bits per heavy atom. The lowest BCUT2D eigenvalue weighted by atomic mass is 10.1. The van der Waals surface area contributed by atoms with Crippen LogP contribution in [0.2, 0.25) is 0 Å². The van der Waals surface area contributed by atoms with Gasteiger partial charge in [0.05, 0.1) is 18.6 Å². The summed E-state index contributed by atoms with van der Waals surface area (Å²) in [6.45, 7) is 1.60. The van der Waals surface area contributed by atoms with Gasteiger partial charge >= 0.3 is 0 Å². The van der Waals surface area contributed by atoms with E-state index in [2.05, 4.69) is 0 Å². The average Bonchev–Trinajstić information content (AvgIpc) is 2.34. The second-order valence-electron chi connectivity index (χ2n) is 4.42. The lowest BCUT2D eigenvalue weighted by Crippen LogP contribution is -2.39. The molecular weight excluding hydrogens is 254 g/mol. The molecule has 0 bridgehead atoms. The predicted molar refractivity (Wildman–Crippen MR) is 68.6 cm³/mol. The standard InChI is InChI=1S/C12H17NO4S/c1-17-11-3-2-10(12(14)8-11)9-13-4-6-18(15,16)7-5-13/h2-3,8,14H,4-7,9H2,1H3. The normalized spacial score (nSPS) is 19.6. The van der Waals surface area contributed by atoms with Gasteiger partial charge in [0.2, 0.25) is 0 Å². The summed E-state index contributed by atoms with van der Waals surface area (Å²) >= 11 is 0. The van der Waals surface area contributed by atoms with E-state index in [1.807, 2.05) is 4.90 Å². The topological polar surface area (TPSA) is 66.8 Å². The molecule has 1 aliphatic rings. The van der Waals surface area contributed by atoms with Gasteiger partial charge in [-0.15, -0.1) is 0 Å². The molecule has 1 aliphatic heterocycles. The third-order valence-corrected chi connectivity index (χ3v) is 4.73. The zero-order valence-electron chi connectivity index (χ0n) is 10.3. The number of aromatic hydroxyl groups is 1. The summed E-state index contributed by atoms with van der Waals surface area (Å²) in [5.74, 6) is 1.19. The quantitative estimate of drug-likeness (QED) is 0.873. The van der Waals surface area contributed by atoms with Gasteiger partial charge in [-0.1, -0.05) is 6.07 Å². The second kappa shape index (κ2) is 5.16. The summed E-state index contributed by atoms with van der Waals surface area (Å²) < 4.78 is 27.6. The molecule has 100 valence electrons. The first kappa shape index (κ1) is 13.2. The SMILES string of the molecule is COc1ccc(CN2CCS(=O)(=O)CC2)c(O)c1. The molecular formula is C12H17NO4S. The lowest BCUT2D eigenvalue weighted by molar-refractivity contribution is 0.283. The Kier molecular flexibility index (Phi) is 3.77. The van der Waals surface area contributed by atoms with Crippen LogP contribution in [0.4, 0.5) is 0 Å². The second-order valence-corrected chi connectivity index (χ2v) is 6.73. The largest absolute Gasteiger partial charge is 0.507 e. The van der Waals surface area contributed by atoms with Crippen LogP contribution in [0.25, 0.3) is 0 Å². The fourth-order valence-electron chi connectivity index (χ4n) is 1.95. The molecule has 0 aliphatic carbocycles. The highest BCUT2D eigenvalue weighted by molar-refractivity contribution is 7.91. The highest BCUT2D eigenvalue weighted by atomic mass is 32.2. The Balaban J connectivity index is 2.02. The number of rotatable bonds is 3. The summed E-state index contributed by atoms with van der Waals surface area (Å²) in [6.07, 6.45) is 0. The average molecular weight is 271 g/mol. The van der Waals surface area contributed by atoms with Crippen LogP contribution < -0.4 is 4.74 Å². The van der Waals surface area contributed by atoms with E-state index in [9.17, 15) is 13.5 Å². The maximum atomic E-state index is 11.3. The first-order valence-corrected chi connectivity index (χ1v) is 7.61. The van der Waals surface area contributed by atoms with E-state index >= 15 is 0 Å². The molecule has 1 saturated heterocycles. The van der Waals surface area contributed by atoms with Gasteiger partial charge in [0.1, 0.15) is 11.5 Å². The van der Waals surface area contributed by atoms with Crippen molar-refractivity contribution in [2.75, 3.05) is 31.7 Å². The number of phenolic OH excluding ortho intramolecular Hbond substituents is 1. The van der Waals surface area contributed by atoms with Crippen molar-refractivity contribution in [2.24, 2.45) is 0 Å². The van der Waals surface area contributed by atoms with E-state index in [0.29, 0.717) is 25.4 Å². The predicted octanol–water partition coefficient (Wildman–Crippen LogP) is 0.631. The Labute approximate surface area is 107 Å². The third kappa shape index (κ3) is 3.14. The minimum atomic E-state index is -2.85. The van der Waals surface area contributed by atoms with Gasteiger partial charge in [-0.25, -0.2) is 8.42 Å². The number of hydrogen-bond donors (Lipinski definition) is 1. The zero-order valence-corrected chi connectivity index (χ0v) is 11.1. The number of ether oxygens (including phenoxy) is 1. The highest BCUT2D eigenvalue weighted by Crippen LogP contribution is 2.24. The van der Waals surface area contributed by atoms with E-state index in [-0.39, 0.29) is 17.3 Å². The molecule has 0 saturated carbocycles.